The Labute approximate surface area is 175 Å². The van der Waals surface area contributed by atoms with Gasteiger partial charge < -0.3 is 9.47 Å². The molecule has 2 saturated heterocycles. The van der Waals surface area contributed by atoms with Crippen LogP contribution in [0.15, 0.2) is 48.5 Å². The first-order valence-electron chi connectivity index (χ1n) is 10.2. The standard InChI is InChI=1S/C24H26FNO4/c1-29-20-5-3-4-17(12-20)15-26-19-10-11-21(26)24(22(27)13-19,23(28)30-2)14-16-6-8-18(25)9-7-16/h3-9,12,19,21H,10-11,13-15H2,1-2H3/t19-,21-,24-/m1/s1. The highest BCUT2D eigenvalue weighted by Gasteiger charge is 2.61. The zero-order valence-electron chi connectivity index (χ0n) is 17.3. The summed E-state index contributed by atoms with van der Waals surface area (Å²) in [5.74, 6) is -0.147. The van der Waals surface area contributed by atoms with Crippen LogP contribution in [0.5, 0.6) is 5.75 Å². The summed E-state index contributed by atoms with van der Waals surface area (Å²) in [5, 5.41) is 0. The van der Waals surface area contributed by atoms with Gasteiger partial charge in [-0.3, -0.25) is 14.5 Å². The van der Waals surface area contributed by atoms with Gasteiger partial charge in [-0.1, -0.05) is 24.3 Å². The van der Waals surface area contributed by atoms with Crippen molar-refractivity contribution in [3.63, 3.8) is 0 Å². The van der Waals surface area contributed by atoms with E-state index in [0.717, 1.165) is 29.7 Å². The van der Waals surface area contributed by atoms with Gasteiger partial charge in [0, 0.05) is 25.0 Å². The van der Waals surface area contributed by atoms with E-state index in [1.165, 1.54) is 19.2 Å². The molecule has 0 amide bonds. The molecule has 0 aliphatic carbocycles. The monoisotopic (exact) mass is 411 g/mol. The lowest BCUT2D eigenvalue weighted by Gasteiger charge is -2.45. The molecule has 6 heteroatoms. The van der Waals surface area contributed by atoms with Crippen LogP contribution in [-0.4, -0.2) is 43.0 Å². The summed E-state index contributed by atoms with van der Waals surface area (Å²) in [6.07, 6.45) is 2.14. The van der Waals surface area contributed by atoms with E-state index in [0.29, 0.717) is 13.0 Å². The highest BCUT2D eigenvalue weighted by atomic mass is 19.1. The first-order valence-corrected chi connectivity index (χ1v) is 10.2. The van der Waals surface area contributed by atoms with Crippen LogP contribution < -0.4 is 4.74 Å². The van der Waals surface area contributed by atoms with Crippen molar-refractivity contribution in [2.75, 3.05) is 14.2 Å². The second-order valence-electron chi connectivity index (χ2n) is 8.16. The van der Waals surface area contributed by atoms with Crippen LogP contribution in [0.1, 0.15) is 30.4 Å². The molecule has 0 radical (unpaired) electrons. The van der Waals surface area contributed by atoms with E-state index in [4.69, 9.17) is 9.47 Å². The van der Waals surface area contributed by atoms with Crippen molar-refractivity contribution in [1.82, 2.24) is 4.90 Å². The minimum Gasteiger partial charge on any atom is -0.497 e. The number of halogens is 1. The Hall–Kier alpha value is -2.73. The largest absolute Gasteiger partial charge is 0.497 e. The summed E-state index contributed by atoms with van der Waals surface area (Å²) in [6.45, 7) is 0.627. The molecule has 2 aromatic rings. The van der Waals surface area contributed by atoms with E-state index >= 15 is 0 Å². The minimum atomic E-state index is -1.28. The molecule has 0 saturated carbocycles. The second kappa shape index (κ2) is 8.19. The van der Waals surface area contributed by atoms with E-state index in [9.17, 15) is 14.0 Å². The molecule has 5 nitrogen and oxygen atoms in total. The molecule has 4 rings (SSSR count). The molecule has 0 spiro atoms. The van der Waals surface area contributed by atoms with Gasteiger partial charge in [0.15, 0.2) is 5.78 Å². The van der Waals surface area contributed by atoms with E-state index < -0.39 is 11.4 Å². The SMILES string of the molecule is COC(=O)[C@@]1(Cc2ccc(F)cc2)C(=O)C[C@H]2CC[C@H]1N2Cc1cccc(OC)c1. The minimum absolute atomic E-state index is 0.0759. The number of benzene rings is 2. The van der Waals surface area contributed by atoms with E-state index in [1.807, 2.05) is 24.3 Å². The molecular weight excluding hydrogens is 385 g/mol. The quantitative estimate of drug-likeness (QED) is 0.538. The molecule has 2 bridgehead atoms. The fraction of sp³-hybridized carbons (Fsp3) is 0.417. The maximum absolute atomic E-state index is 13.4. The van der Waals surface area contributed by atoms with Crippen molar-refractivity contribution in [3.8, 4) is 5.75 Å². The van der Waals surface area contributed by atoms with Crippen molar-refractivity contribution in [1.29, 1.82) is 0 Å². The summed E-state index contributed by atoms with van der Waals surface area (Å²) in [4.78, 5) is 28.7. The Morgan fingerprint density at radius 3 is 2.60 bits per heavy atom. The Bertz CT molecular complexity index is 944. The number of hydrogen-bond acceptors (Lipinski definition) is 5. The lowest BCUT2D eigenvalue weighted by atomic mass is 9.68. The number of methoxy groups -OCH3 is 2. The average Bonchev–Trinajstić information content (AvgIpc) is 3.07. The molecule has 2 aromatic carbocycles. The van der Waals surface area contributed by atoms with Crippen LogP contribution in [0.2, 0.25) is 0 Å². The second-order valence-corrected chi connectivity index (χ2v) is 8.16. The van der Waals surface area contributed by atoms with Crippen molar-refractivity contribution < 1.29 is 23.5 Å². The number of hydrogen-bond donors (Lipinski definition) is 0. The molecule has 3 atom stereocenters. The zero-order chi connectivity index (χ0) is 21.3. The Kier molecular flexibility index (Phi) is 5.60. The predicted octanol–water partition coefficient (Wildman–Crippen LogP) is 3.54. The normalized spacial score (nSPS) is 25.9. The molecule has 2 aliphatic heterocycles. The predicted molar refractivity (Wildman–Crippen MR) is 110 cm³/mol. The fourth-order valence-electron chi connectivity index (χ4n) is 5.13. The Balaban J connectivity index is 1.70. The summed E-state index contributed by atoms with van der Waals surface area (Å²) in [7, 11) is 2.96. The highest BCUT2D eigenvalue weighted by Crippen LogP contribution is 2.48. The number of rotatable bonds is 6. The number of fused-ring (bicyclic) bond motifs is 2. The maximum Gasteiger partial charge on any atom is 0.321 e. The summed E-state index contributed by atoms with van der Waals surface area (Å²) in [6, 6.07) is 13.7. The topological polar surface area (TPSA) is 55.8 Å². The third-order valence-corrected chi connectivity index (χ3v) is 6.58. The number of carbonyl (C=O) groups excluding carboxylic acids is 2. The van der Waals surface area contributed by atoms with Crippen LogP contribution in [0.25, 0.3) is 0 Å². The lowest BCUT2D eigenvalue weighted by Crippen LogP contribution is -2.61. The van der Waals surface area contributed by atoms with Crippen LogP contribution in [0, 0.1) is 11.2 Å². The number of ether oxygens (including phenoxy) is 2. The smallest absolute Gasteiger partial charge is 0.321 e. The van der Waals surface area contributed by atoms with Gasteiger partial charge in [0.25, 0.3) is 0 Å². The van der Waals surface area contributed by atoms with Crippen LogP contribution in [-0.2, 0) is 27.3 Å². The first kappa shape index (κ1) is 20.5. The number of nitrogens with zero attached hydrogens (tertiary/aromatic N) is 1. The Morgan fingerprint density at radius 1 is 1.13 bits per heavy atom. The Morgan fingerprint density at radius 2 is 1.90 bits per heavy atom. The highest BCUT2D eigenvalue weighted by molar-refractivity contribution is 6.06. The third kappa shape index (κ3) is 3.49. The van der Waals surface area contributed by atoms with Crippen molar-refractivity contribution >= 4 is 11.8 Å². The summed E-state index contributed by atoms with van der Waals surface area (Å²) >= 11 is 0. The van der Waals surface area contributed by atoms with Crippen molar-refractivity contribution in [3.05, 3.63) is 65.5 Å². The van der Waals surface area contributed by atoms with Crippen LogP contribution in [0.4, 0.5) is 4.39 Å². The van der Waals surface area contributed by atoms with Crippen molar-refractivity contribution in [2.24, 2.45) is 5.41 Å². The molecular formula is C24H26FNO4. The summed E-state index contributed by atoms with van der Waals surface area (Å²) in [5.41, 5.74) is 0.543. The van der Waals surface area contributed by atoms with E-state index in [2.05, 4.69) is 4.90 Å². The van der Waals surface area contributed by atoms with Gasteiger partial charge in [-0.2, -0.15) is 0 Å². The number of esters is 1. The molecule has 0 aromatic heterocycles. The third-order valence-electron chi connectivity index (χ3n) is 6.58. The van der Waals surface area contributed by atoms with Crippen molar-refractivity contribution in [2.45, 2.75) is 44.3 Å². The van der Waals surface area contributed by atoms with Gasteiger partial charge in [-0.05, 0) is 54.7 Å². The van der Waals surface area contributed by atoms with Gasteiger partial charge in [0.2, 0.25) is 0 Å². The first-order chi connectivity index (χ1) is 14.5. The number of Topliss-reactive ketones (excluding diaryl/α,β-unsaturated/α-hetero) is 1. The number of piperidine rings is 1. The lowest BCUT2D eigenvalue weighted by molar-refractivity contribution is -0.167. The molecule has 2 fully saturated rings. The zero-order valence-corrected chi connectivity index (χ0v) is 17.3. The molecule has 158 valence electrons. The van der Waals surface area contributed by atoms with E-state index in [-0.39, 0.29) is 30.1 Å². The number of ketones is 1. The van der Waals surface area contributed by atoms with Gasteiger partial charge in [0.1, 0.15) is 17.0 Å². The van der Waals surface area contributed by atoms with Gasteiger partial charge in [-0.25, -0.2) is 4.39 Å². The fourth-order valence-corrected chi connectivity index (χ4v) is 5.13. The molecule has 30 heavy (non-hydrogen) atoms. The van der Waals surface area contributed by atoms with Gasteiger partial charge >= 0.3 is 5.97 Å². The number of carbonyl (C=O) groups is 2. The molecule has 0 N–H and O–H groups in total. The van der Waals surface area contributed by atoms with Gasteiger partial charge in [0.05, 0.1) is 14.2 Å². The summed E-state index contributed by atoms with van der Waals surface area (Å²) < 4.78 is 23.9. The maximum atomic E-state index is 13.4. The molecule has 2 aliphatic rings. The van der Waals surface area contributed by atoms with Crippen LogP contribution in [0.3, 0.4) is 0 Å². The average molecular weight is 411 g/mol. The molecule has 2 heterocycles. The van der Waals surface area contributed by atoms with Crippen LogP contribution >= 0.6 is 0 Å². The molecule has 0 unspecified atom stereocenters. The van der Waals surface area contributed by atoms with E-state index in [1.54, 1.807) is 19.2 Å². The van der Waals surface area contributed by atoms with Gasteiger partial charge in [-0.15, -0.1) is 0 Å².